The molecule has 82 valence electrons. The molecule has 15 heavy (non-hydrogen) atoms. The van der Waals surface area contributed by atoms with Crippen molar-refractivity contribution in [3.63, 3.8) is 0 Å². The summed E-state index contributed by atoms with van der Waals surface area (Å²) >= 11 is 4.50. The Morgan fingerprint density at radius 2 is 1.60 bits per heavy atom. The standard InChI is InChI=1S/C12H16O2S/c1-7(2)9-4-11-12(14-6-13-11)5-10(9)8(3)15/h4-5,7-8,15H,6H2,1-3H3. The monoisotopic (exact) mass is 224 g/mol. The molecule has 1 heterocycles. The van der Waals surface area contributed by atoms with Gasteiger partial charge in [0.1, 0.15) is 0 Å². The molecule has 2 rings (SSSR count). The van der Waals surface area contributed by atoms with E-state index in [2.05, 4.69) is 45.5 Å². The maximum atomic E-state index is 5.38. The van der Waals surface area contributed by atoms with Gasteiger partial charge in [-0.3, -0.25) is 0 Å². The molecule has 0 spiro atoms. The number of hydrogen-bond donors (Lipinski definition) is 1. The molecule has 1 atom stereocenters. The molecule has 1 aliphatic heterocycles. The first-order valence-electron chi connectivity index (χ1n) is 5.21. The highest BCUT2D eigenvalue weighted by Crippen LogP contribution is 2.40. The van der Waals surface area contributed by atoms with Gasteiger partial charge in [-0.15, -0.1) is 0 Å². The Kier molecular flexibility index (Phi) is 2.83. The molecule has 1 aliphatic rings. The van der Waals surface area contributed by atoms with Gasteiger partial charge in [-0.1, -0.05) is 13.8 Å². The Hall–Kier alpha value is -0.830. The smallest absolute Gasteiger partial charge is 0.231 e. The van der Waals surface area contributed by atoms with Crippen molar-refractivity contribution < 1.29 is 9.47 Å². The topological polar surface area (TPSA) is 18.5 Å². The van der Waals surface area contributed by atoms with Crippen LogP contribution in [0.15, 0.2) is 12.1 Å². The van der Waals surface area contributed by atoms with Crippen LogP contribution in [0.4, 0.5) is 0 Å². The van der Waals surface area contributed by atoms with E-state index in [-0.39, 0.29) is 5.25 Å². The molecule has 2 nitrogen and oxygen atoms in total. The lowest BCUT2D eigenvalue weighted by atomic mass is 9.95. The zero-order valence-electron chi connectivity index (χ0n) is 9.28. The van der Waals surface area contributed by atoms with Gasteiger partial charge in [0.2, 0.25) is 6.79 Å². The molecular formula is C12H16O2S. The predicted octanol–water partition coefficient (Wildman–Crippen LogP) is 3.53. The van der Waals surface area contributed by atoms with E-state index < -0.39 is 0 Å². The number of thiol groups is 1. The van der Waals surface area contributed by atoms with Crippen LogP contribution < -0.4 is 9.47 Å². The summed E-state index contributed by atoms with van der Waals surface area (Å²) in [6.07, 6.45) is 0. The van der Waals surface area contributed by atoms with Gasteiger partial charge in [-0.25, -0.2) is 0 Å². The molecule has 0 amide bonds. The van der Waals surface area contributed by atoms with Crippen LogP contribution in [0.25, 0.3) is 0 Å². The van der Waals surface area contributed by atoms with Crippen molar-refractivity contribution in [3.8, 4) is 11.5 Å². The Morgan fingerprint density at radius 3 is 2.07 bits per heavy atom. The van der Waals surface area contributed by atoms with Gasteiger partial charge in [-0.2, -0.15) is 12.6 Å². The van der Waals surface area contributed by atoms with Crippen molar-refractivity contribution in [2.24, 2.45) is 0 Å². The molecule has 0 N–H and O–H groups in total. The number of hydrogen-bond acceptors (Lipinski definition) is 3. The Balaban J connectivity index is 2.52. The van der Waals surface area contributed by atoms with E-state index in [9.17, 15) is 0 Å². The molecule has 0 saturated heterocycles. The quantitative estimate of drug-likeness (QED) is 0.775. The average Bonchev–Trinajstić information content (AvgIpc) is 2.61. The number of rotatable bonds is 2. The summed E-state index contributed by atoms with van der Waals surface area (Å²) in [5.74, 6) is 2.18. The van der Waals surface area contributed by atoms with Gasteiger partial charge >= 0.3 is 0 Å². The first-order chi connectivity index (χ1) is 7.09. The molecule has 0 saturated carbocycles. The van der Waals surface area contributed by atoms with E-state index in [1.54, 1.807) is 0 Å². The second-order valence-corrected chi connectivity index (χ2v) is 4.94. The zero-order chi connectivity index (χ0) is 11.0. The fourth-order valence-electron chi connectivity index (χ4n) is 1.84. The molecule has 0 fully saturated rings. The summed E-state index contributed by atoms with van der Waals surface area (Å²) < 4.78 is 10.7. The van der Waals surface area contributed by atoms with E-state index in [1.165, 1.54) is 11.1 Å². The van der Waals surface area contributed by atoms with Gasteiger partial charge < -0.3 is 9.47 Å². The highest BCUT2D eigenvalue weighted by molar-refractivity contribution is 7.80. The Bertz CT molecular complexity index is 337. The van der Waals surface area contributed by atoms with Gasteiger partial charge in [0, 0.05) is 5.25 Å². The van der Waals surface area contributed by atoms with Gasteiger partial charge in [0.15, 0.2) is 11.5 Å². The second kappa shape index (κ2) is 3.97. The Morgan fingerprint density at radius 1 is 1.07 bits per heavy atom. The van der Waals surface area contributed by atoms with Crippen molar-refractivity contribution in [1.29, 1.82) is 0 Å². The molecule has 0 aromatic heterocycles. The van der Waals surface area contributed by atoms with Crippen LogP contribution in [0.5, 0.6) is 11.5 Å². The van der Waals surface area contributed by atoms with E-state index in [0.29, 0.717) is 12.7 Å². The molecule has 0 aliphatic carbocycles. The molecule has 0 bridgehead atoms. The first kappa shape index (κ1) is 10.7. The summed E-state index contributed by atoms with van der Waals surface area (Å²) in [6, 6.07) is 4.13. The third-order valence-electron chi connectivity index (χ3n) is 2.65. The highest BCUT2D eigenvalue weighted by atomic mass is 32.1. The van der Waals surface area contributed by atoms with Crippen LogP contribution in [0, 0.1) is 0 Å². The van der Waals surface area contributed by atoms with Crippen molar-refractivity contribution in [1.82, 2.24) is 0 Å². The van der Waals surface area contributed by atoms with Crippen molar-refractivity contribution in [2.75, 3.05) is 6.79 Å². The third-order valence-corrected chi connectivity index (χ3v) is 2.93. The largest absolute Gasteiger partial charge is 0.454 e. The van der Waals surface area contributed by atoms with Crippen molar-refractivity contribution >= 4 is 12.6 Å². The van der Waals surface area contributed by atoms with E-state index in [1.807, 2.05) is 0 Å². The van der Waals surface area contributed by atoms with Crippen LogP contribution in [-0.4, -0.2) is 6.79 Å². The summed E-state index contributed by atoms with van der Waals surface area (Å²) in [5, 5.41) is 0.219. The summed E-state index contributed by atoms with van der Waals surface area (Å²) in [7, 11) is 0. The number of benzene rings is 1. The van der Waals surface area contributed by atoms with Gasteiger partial charge in [0.05, 0.1) is 0 Å². The van der Waals surface area contributed by atoms with Crippen molar-refractivity contribution in [3.05, 3.63) is 23.3 Å². The van der Waals surface area contributed by atoms with E-state index >= 15 is 0 Å². The third kappa shape index (κ3) is 1.93. The average molecular weight is 224 g/mol. The van der Waals surface area contributed by atoms with Crippen LogP contribution in [0.2, 0.25) is 0 Å². The maximum Gasteiger partial charge on any atom is 0.231 e. The predicted molar refractivity (Wildman–Crippen MR) is 64.1 cm³/mol. The molecule has 1 unspecified atom stereocenters. The lowest BCUT2D eigenvalue weighted by Gasteiger charge is -2.16. The second-order valence-electron chi connectivity index (χ2n) is 4.17. The highest BCUT2D eigenvalue weighted by Gasteiger charge is 2.19. The summed E-state index contributed by atoms with van der Waals surface area (Å²) in [6.45, 7) is 6.76. The van der Waals surface area contributed by atoms with E-state index in [0.717, 1.165) is 11.5 Å². The SMILES string of the molecule is CC(C)c1cc2c(cc1C(C)S)OCO2. The van der Waals surface area contributed by atoms with Gasteiger partial charge in [-0.05, 0) is 36.1 Å². The van der Waals surface area contributed by atoms with Crippen LogP contribution >= 0.6 is 12.6 Å². The molecule has 1 aromatic carbocycles. The summed E-state index contributed by atoms with van der Waals surface area (Å²) in [5.41, 5.74) is 2.53. The lowest BCUT2D eigenvalue weighted by molar-refractivity contribution is 0.174. The zero-order valence-corrected chi connectivity index (χ0v) is 10.2. The molecule has 0 radical (unpaired) electrons. The molecular weight excluding hydrogens is 208 g/mol. The molecule has 1 aromatic rings. The van der Waals surface area contributed by atoms with E-state index in [4.69, 9.17) is 9.47 Å². The minimum Gasteiger partial charge on any atom is -0.454 e. The first-order valence-corrected chi connectivity index (χ1v) is 5.72. The number of ether oxygens (including phenoxy) is 2. The maximum absolute atomic E-state index is 5.38. The van der Waals surface area contributed by atoms with Crippen LogP contribution in [-0.2, 0) is 0 Å². The minimum atomic E-state index is 0.219. The fraction of sp³-hybridized carbons (Fsp3) is 0.500. The Labute approximate surface area is 96.0 Å². The minimum absolute atomic E-state index is 0.219. The molecule has 3 heteroatoms. The van der Waals surface area contributed by atoms with Gasteiger partial charge in [0.25, 0.3) is 0 Å². The normalized spacial score (nSPS) is 15.8. The lowest BCUT2D eigenvalue weighted by Crippen LogP contribution is -1.97. The van der Waals surface area contributed by atoms with Crippen LogP contribution in [0.3, 0.4) is 0 Å². The number of fused-ring (bicyclic) bond motifs is 1. The fourth-order valence-corrected chi connectivity index (χ4v) is 2.06. The van der Waals surface area contributed by atoms with Crippen molar-refractivity contribution in [2.45, 2.75) is 31.9 Å². The summed E-state index contributed by atoms with van der Waals surface area (Å²) in [4.78, 5) is 0. The van der Waals surface area contributed by atoms with Crippen LogP contribution in [0.1, 0.15) is 43.1 Å².